The van der Waals surface area contributed by atoms with E-state index in [1.54, 1.807) is 12.3 Å². The summed E-state index contributed by atoms with van der Waals surface area (Å²) in [5.74, 6) is 6.18. The van der Waals surface area contributed by atoms with Crippen LogP contribution < -0.4 is 16.6 Å². The van der Waals surface area contributed by atoms with Crippen LogP contribution in [0, 0.1) is 0 Å². The fourth-order valence-corrected chi connectivity index (χ4v) is 2.24. The summed E-state index contributed by atoms with van der Waals surface area (Å²) < 4.78 is 0.902. The highest BCUT2D eigenvalue weighted by Crippen LogP contribution is 2.30. The third kappa shape index (κ3) is 2.40. The molecular weight excluding hydrogens is 346 g/mol. The number of rotatable bonds is 3. The molecule has 5 N–H and O–H groups in total. The molecule has 0 atom stereocenters. The smallest absolute Gasteiger partial charge is 0.241 e. The predicted octanol–water partition coefficient (Wildman–Crippen LogP) is 2.80. The van der Waals surface area contributed by atoms with E-state index in [4.69, 9.17) is 17.4 Å². The minimum Gasteiger partial charge on any atom is -0.338 e. The Hall–Kier alpha value is -1.90. The number of H-pyrrole nitrogens is 1. The van der Waals surface area contributed by atoms with Gasteiger partial charge in [0, 0.05) is 4.47 Å². The van der Waals surface area contributed by atoms with Crippen LogP contribution in [0.4, 0.5) is 17.5 Å². The molecule has 9 heteroatoms. The molecule has 0 aliphatic heterocycles. The van der Waals surface area contributed by atoms with Crippen LogP contribution in [0.2, 0.25) is 5.02 Å². The molecule has 0 amide bonds. The quantitative estimate of drug-likeness (QED) is 0.426. The largest absolute Gasteiger partial charge is 0.338 e. The fraction of sp³-hybridized carbons (Fsp3) is 0. The second-order valence-electron chi connectivity index (χ2n) is 3.92. The number of hydrogen-bond donors (Lipinski definition) is 4. The van der Waals surface area contributed by atoms with Gasteiger partial charge >= 0.3 is 0 Å². The van der Waals surface area contributed by atoms with E-state index in [0.717, 1.165) is 9.86 Å². The van der Waals surface area contributed by atoms with Gasteiger partial charge < -0.3 is 5.32 Å². The molecule has 0 aliphatic carbocycles. The molecule has 0 saturated carbocycles. The lowest BCUT2D eigenvalue weighted by Crippen LogP contribution is -2.11. The van der Waals surface area contributed by atoms with E-state index in [2.05, 4.69) is 46.8 Å². The Morgan fingerprint density at radius 3 is 2.95 bits per heavy atom. The lowest BCUT2D eigenvalue weighted by atomic mass is 10.3. The predicted molar refractivity (Wildman–Crippen MR) is 81.9 cm³/mol. The topological polar surface area (TPSA) is 105 Å². The van der Waals surface area contributed by atoms with Crippen LogP contribution in [0.1, 0.15) is 0 Å². The molecule has 0 aliphatic rings. The highest BCUT2D eigenvalue weighted by molar-refractivity contribution is 9.10. The summed E-state index contributed by atoms with van der Waals surface area (Å²) in [6.45, 7) is 0. The van der Waals surface area contributed by atoms with E-state index in [0.29, 0.717) is 22.2 Å². The van der Waals surface area contributed by atoms with E-state index in [1.807, 2.05) is 12.1 Å². The van der Waals surface area contributed by atoms with Gasteiger partial charge in [0.25, 0.3) is 0 Å². The number of benzene rings is 1. The Labute approximate surface area is 127 Å². The Morgan fingerprint density at radius 1 is 1.30 bits per heavy atom. The van der Waals surface area contributed by atoms with E-state index >= 15 is 0 Å². The summed E-state index contributed by atoms with van der Waals surface area (Å²) in [4.78, 5) is 8.41. The highest BCUT2D eigenvalue weighted by atomic mass is 79.9. The average molecular weight is 355 g/mol. The Kier molecular flexibility index (Phi) is 3.43. The summed E-state index contributed by atoms with van der Waals surface area (Å²) in [5, 5.41) is 11.2. The second-order valence-corrected chi connectivity index (χ2v) is 5.24. The van der Waals surface area contributed by atoms with Gasteiger partial charge in [-0.2, -0.15) is 15.1 Å². The molecule has 20 heavy (non-hydrogen) atoms. The highest BCUT2D eigenvalue weighted by Gasteiger charge is 2.11. The number of nitrogens with two attached hydrogens (primary N) is 1. The van der Waals surface area contributed by atoms with Gasteiger partial charge in [0.2, 0.25) is 5.95 Å². The molecule has 1 aromatic carbocycles. The van der Waals surface area contributed by atoms with Gasteiger partial charge in [0.1, 0.15) is 5.82 Å². The summed E-state index contributed by atoms with van der Waals surface area (Å²) >= 11 is 9.55. The van der Waals surface area contributed by atoms with Crippen molar-refractivity contribution in [3.05, 3.63) is 33.9 Å². The maximum absolute atomic E-state index is 6.15. The van der Waals surface area contributed by atoms with Crippen molar-refractivity contribution in [3.8, 4) is 0 Å². The maximum atomic E-state index is 6.15. The van der Waals surface area contributed by atoms with E-state index in [1.165, 1.54) is 0 Å². The lowest BCUT2D eigenvalue weighted by Gasteiger charge is -2.10. The molecule has 2 aromatic heterocycles. The number of fused-ring (bicyclic) bond motifs is 1. The van der Waals surface area contributed by atoms with Crippen molar-refractivity contribution in [2.45, 2.75) is 0 Å². The standard InChI is InChI=1S/C11H9BrClN7/c12-5-1-2-7(13)8(3-5)16-9-6-4-15-20-10(6)18-11(17-9)19-14/h1-4H,14H2,(H3,15,16,17,18,19,20). The van der Waals surface area contributed by atoms with Gasteiger partial charge in [-0.05, 0) is 18.2 Å². The normalized spacial score (nSPS) is 10.8. The first-order chi connectivity index (χ1) is 9.67. The number of nitrogen functional groups attached to an aromatic ring is 1. The van der Waals surface area contributed by atoms with Gasteiger partial charge in [0.15, 0.2) is 5.65 Å². The molecule has 0 unspecified atom stereocenters. The first-order valence-electron chi connectivity index (χ1n) is 5.57. The first-order valence-corrected chi connectivity index (χ1v) is 6.74. The summed E-state index contributed by atoms with van der Waals surface area (Å²) in [6.07, 6.45) is 1.63. The minimum absolute atomic E-state index is 0.273. The molecule has 3 rings (SSSR count). The maximum Gasteiger partial charge on any atom is 0.241 e. The molecule has 7 nitrogen and oxygen atoms in total. The van der Waals surface area contributed by atoms with Crippen LogP contribution in [0.3, 0.4) is 0 Å². The molecule has 0 fully saturated rings. The average Bonchev–Trinajstić information content (AvgIpc) is 2.91. The van der Waals surface area contributed by atoms with Crippen molar-refractivity contribution >= 4 is 56.0 Å². The van der Waals surface area contributed by atoms with Crippen molar-refractivity contribution in [1.29, 1.82) is 0 Å². The minimum atomic E-state index is 0.273. The summed E-state index contributed by atoms with van der Waals surface area (Å²) in [6, 6.07) is 5.49. The molecule has 102 valence electrons. The number of nitrogens with one attached hydrogen (secondary N) is 3. The van der Waals surface area contributed by atoms with Gasteiger partial charge in [-0.15, -0.1) is 0 Å². The van der Waals surface area contributed by atoms with E-state index < -0.39 is 0 Å². The number of halogens is 2. The van der Waals surface area contributed by atoms with Crippen molar-refractivity contribution in [2.75, 3.05) is 10.7 Å². The zero-order chi connectivity index (χ0) is 14.1. The zero-order valence-electron chi connectivity index (χ0n) is 9.98. The number of aromatic amines is 1. The molecule has 0 radical (unpaired) electrons. The van der Waals surface area contributed by atoms with Crippen LogP contribution in [0.5, 0.6) is 0 Å². The zero-order valence-corrected chi connectivity index (χ0v) is 12.3. The fourth-order valence-electron chi connectivity index (χ4n) is 1.72. The van der Waals surface area contributed by atoms with Gasteiger partial charge in [-0.3, -0.25) is 10.5 Å². The third-order valence-corrected chi connectivity index (χ3v) is 3.44. The molecule has 0 bridgehead atoms. The number of aromatic nitrogens is 4. The van der Waals surface area contributed by atoms with E-state index in [9.17, 15) is 0 Å². The number of hydrogen-bond acceptors (Lipinski definition) is 6. The first kappa shape index (κ1) is 13.1. The van der Waals surface area contributed by atoms with E-state index in [-0.39, 0.29) is 5.95 Å². The van der Waals surface area contributed by atoms with Crippen LogP contribution in [-0.4, -0.2) is 20.2 Å². The Morgan fingerprint density at radius 2 is 2.15 bits per heavy atom. The molecular formula is C11H9BrClN7. The summed E-state index contributed by atoms with van der Waals surface area (Å²) in [7, 11) is 0. The lowest BCUT2D eigenvalue weighted by molar-refractivity contribution is 1.08. The van der Waals surface area contributed by atoms with Crippen molar-refractivity contribution in [3.63, 3.8) is 0 Å². The molecule has 0 saturated heterocycles. The van der Waals surface area contributed by atoms with Crippen LogP contribution in [-0.2, 0) is 0 Å². The molecule has 2 heterocycles. The monoisotopic (exact) mass is 353 g/mol. The van der Waals surface area contributed by atoms with Crippen molar-refractivity contribution < 1.29 is 0 Å². The molecule has 3 aromatic rings. The van der Waals surface area contributed by atoms with Gasteiger partial charge in [-0.25, -0.2) is 5.84 Å². The number of anilines is 3. The second kappa shape index (κ2) is 5.23. The third-order valence-electron chi connectivity index (χ3n) is 2.62. The number of nitrogens with zero attached hydrogens (tertiary/aromatic N) is 3. The SMILES string of the molecule is NNc1nc(Nc2cc(Br)ccc2Cl)c2cn[nH]c2n1. The number of hydrazine groups is 1. The summed E-state index contributed by atoms with van der Waals surface area (Å²) in [5.41, 5.74) is 3.69. The van der Waals surface area contributed by atoms with Gasteiger partial charge in [-0.1, -0.05) is 27.5 Å². The molecule has 0 spiro atoms. The van der Waals surface area contributed by atoms with Crippen LogP contribution >= 0.6 is 27.5 Å². The van der Waals surface area contributed by atoms with Crippen molar-refractivity contribution in [1.82, 2.24) is 20.2 Å². The van der Waals surface area contributed by atoms with Crippen LogP contribution in [0.15, 0.2) is 28.9 Å². The Balaban J connectivity index is 2.09. The van der Waals surface area contributed by atoms with Gasteiger partial charge in [0.05, 0.1) is 22.3 Å². The Bertz CT molecular complexity index is 773. The van der Waals surface area contributed by atoms with Crippen LogP contribution in [0.25, 0.3) is 11.0 Å². The van der Waals surface area contributed by atoms with Crippen molar-refractivity contribution in [2.24, 2.45) is 5.84 Å².